The predicted molar refractivity (Wildman–Crippen MR) is 156 cm³/mol. The van der Waals surface area contributed by atoms with Gasteiger partial charge < -0.3 is 14.2 Å². The van der Waals surface area contributed by atoms with E-state index in [9.17, 15) is 9.18 Å². The Bertz CT molecular complexity index is 1490. The van der Waals surface area contributed by atoms with Crippen LogP contribution < -0.4 is 9.64 Å². The maximum absolute atomic E-state index is 14.4. The van der Waals surface area contributed by atoms with Gasteiger partial charge in [-0.3, -0.25) is 9.78 Å². The highest BCUT2D eigenvalue weighted by atomic mass is 19.1. The minimum atomic E-state index is -1.01. The van der Waals surface area contributed by atoms with Crippen LogP contribution in [-0.2, 0) is 10.2 Å². The first-order chi connectivity index (χ1) is 20.3. The zero-order valence-corrected chi connectivity index (χ0v) is 24.4. The fourth-order valence-corrected chi connectivity index (χ4v) is 8.56. The van der Waals surface area contributed by atoms with E-state index >= 15 is 0 Å². The number of hydrogen-bond donors (Lipinski definition) is 0. The average molecular weight is 571 g/mol. The zero-order valence-electron chi connectivity index (χ0n) is 24.4. The van der Waals surface area contributed by atoms with E-state index in [2.05, 4.69) is 16.2 Å². The van der Waals surface area contributed by atoms with Crippen molar-refractivity contribution in [1.82, 2.24) is 15.1 Å². The average Bonchev–Trinajstić information content (AvgIpc) is 3.71. The molecule has 220 valence electrons. The molecule has 7 aliphatic rings. The minimum absolute atomic E-state index is 0.0187. The number of rotatable bonds is 10. The Labute approximate surface area is 246 Å². The lowest BCUT2D eigenvalue weighted by Crippen LogP contribution is -2.65. The van der Waals surface area contributed by atoms with Crippen molar-refractivity contribution in [1.29, 1.82) is 0 Å². The predicted octanol–water partition coefficient (Wildman–Crippen LogP) is 7.32. The van der Waals surface area contributed by atoms with Gasteiger partial charge in [0.2, 0.25) is 11.8 Å². The van der Waals surface area contributed by atoms with Crippen LogP contribution in [0.25, 0.3) is 11.3 Å². The van der Waals surface area contributed by atoms with Crippen molar-refractivity contribution in [3.05, 3.63) is 54.3 Å². The first-order valence-corrected chi connectivity index (χ1v) is 15.8. The molecular formula is C34H39FN4O3. The van der Waals surface area contributed by atoms with E-state index in [0.717, 1.165) is 72.9 Å². The molecule has 0 spiro atoms. The highest BCUT2D eigenvalue weighted by molar-refractivity contribution is 5.95. The third kappa shape index (κ3) is 4.44. The number of pyridine rings is 1. The van der Waals surface area contributed by atoms with Gasteiger partial charge in [-0.2, -0.15) is 4.98 Å². The number of anilines is 1. The standard InChI is InChI=1S/C34H39FN4O3/c1-2-41-26-8-15-36-27(17-26)24-4-3-5-25(16-24)39(28(40)18-32-19-34(35,20-32)21-32)22-31-9-12-33(13-10-31,14-11-31)30-37-29(38-42-30)23-6-7-23/h3-5,8,15-17,23H,2,6-7,9-14,18-22H2,1H3. The van der Waals surface area contributed by atoms with E-state index in [0.29, 0.717) is 44.8 Å². The van der Waals surface area contributed by atoms with E-state index in [1.807, 2.05) is 42.2 Å². The van der Waals surface area contributed by atoms with Crippen LogP contribution in [0.4, 0.5) is 10.1 Å². The lowest BCUT2D eigenvalue weighted by atomic mass is 9.41. The molecule has 0 N–H and O–H groups in total. The summed E-state index contributed by atoms with van der Waals surface area (Å²) >= 11 is 0. The Kier molecular flexibility index (Phi) is 5.87. The minimum Gasteiger partial charge on any atom is -0.494 e. The van der Waals surface area contributed by atoms with Crippen LogP contribution in [0.5, 0.6) is 5.75 Å². The van der Waals surface area contributed by atoms with Gasteiger partial charge in [0, 0.05) is 47.8 Å². The lowest BCUT2D eigenvalue weighted by molar-refractivity contribution is -0.215. The summed E-state index contributed by atoms with van der Waals surface area (Å²) in [6.45, 7) is 3.24. The highest BCUT2D eigenvalue weighted by Gasteiger charge is 2.69. The molecule has 10 rings (SSSR count). The molecule has 0 radical (unpaired) electrons. The number of carbonyl (C=O) groups excluding carboxylic acids is 1. The summed E-state index contributed by atoms with van der Waals surface area (Å²) in [6, 6.07) is 12.0. The number of nitrogens with zero attached hydrogens (tertiary/aromatic N) is 4. The van der Waals surface area contributed by atoms with Crippen molar-refractivity contribution >= 4 is 11.6 Å². The smallest absolute Gasteiger partial charge is 0.232 e. The number of hydrogen-bond acceptors (Lipinski definition) is 6. The molecule has 0 saturated heterocycles. The molecule has 2 heterocycles. The Hall–Kier alpha value is -3.29. The SMILES string of the molecule is CCOc1ccnc(-c2cccc(N(CC34CCC(c5nc(C6CC6)no5)(CC3)CC4)C(=O)CC34CC(F)(C3)C4)c2)c1. The Morgan fingerprint density at radius 1 is 1.05 bits per heavy atom. The van der Waals surface area contributed by atoms with Crippen LogP contribution in [0.3, 0.4) is 0 Å². The summed E-state index contributed by atoms with van der Waals surface area (Å²) in [6.07, 6.45) is 12.3. The third-order valence-corrected chi connectivity index (χ3v) is 11.1. The first kappa shape index (κ1) is 26.3. The van der Waals surface area contributed by atoms with Crippen molar-refractivity contribution in [3.8, 4) is 17.0 Å². The molecule has 2 aromatic heterocycles. The molecule has 8 heteroatoms. The molecular weight excluding hydrogens is 531 g/mol. The van der Waals surface area contributed by atoms with Gasteiger partial charge in [-0.15, -0.1) is 0 Å². The fraction of sp³-hybridized carbons (Fsp3) is 0.588. The maximum atomic E-state index is 14.4. The molecule has 0 aliphatic heterocycles. The first-order valence-electron chi connectivity index (χ1n) is 15.8. The number of carbonyl (C=O) groups is 1. The van der Waals surface area contributed by atoms with E-state index < -0.39 is 5.67 Å². The topological polar surface area (TPSA) is 81.3 Å². The van der Waals surface area contributed by atoms with Crippen molar-refractivity contribution in [2.24, 2.45) is 10.8 Å². The van der Waals surface area contributed by atoms with Crippen molar-refractivity contribution in [2.45, 2.75) is 101 Å². The number of aromatic nitrogens is 3. The quantitative estimate of drug-likeness (QED) is 0.254. The second-order valence-electron chi connectivity index (χ2n) is 14.2. The van der Waals surface area contributed by atoms with Crippen molar-refractivity contribution in [3.63, 3.8) is 0 Å². The monoisotopic (exact) mass is 570 g/mol. The second kappa shape index (κ2) is 9.35. The summed E-state index contributed by atoms with van der Waals surface area (Å²) in [5, 5.41) is 4.32. The number of benzene rings is 1. The zero-order chi connectivity index (χ0) is 28.6. The molecule has 1 aromatic carbocycles. The van der Waals surface area contributed by atoms with Gasteiger partial charge in [-0.05, 0) is 107 Å². The summed E-state index contributed by atoms with van der Waals surface area (Å²) in [5.74, 6) is 3.12. The lowest BCUT2D eigenvalue weighted by Gasteiger charge is -2.66. The van der Waals surface area contributed by atoms with E-state index in [1.54, 1.807) is 6.20 Å². The summed E-state index contributed by atoms with van der Waals surface area (Å²) in [5.41, 5.74) is 1.55. The van der Waals surface area contributed by atoms with Crippen LogP contribution in [-0.4, -0.2) is 39.9 Å². The molecule has 3 aromatic rings. The van der Waals surface area contributed by atoms with Crippen molar-refractivity contribution in [2.75, 3.05) is 18.1 Å². The van der Waals surface area contributed by atoms with Gasteiger partial charge in [-0.25, -0.2) is 4.39 Å². The molecule has 0 unspecified atom stereocenters. The van der Waals surface area contributed by atoms with Gasteiger partial charge in [0.1, 0.15) is 11.4 Å². The molecule has 7 fully saturated rings. The summed E-state index contributed by atoms with van der Waals surface area (Å²) in [7, 11) is 0. The molecule has 7 aliphatic carbocycles. The van der Waals surface area contributed by atoms with Crippen LogP contribution in [0.2, 0.25) is 0 Å². The highest BCUT2D eigenvalue weighted by Crippen LogP contribution is 2.71. The largest absolute Gasteiger partial charge is 0.494 e. The maximum Gasteiger partial charge on any atom is 0.232 e. The number of alkyl halides is 1. The number of ether oxygens (including phenoxy) is 1. The molecule has 1 amide bonds. The number of halogens is 1. The fourth-order valence-electron chi connectivity index (χ4n) is 8.56. The van der Waals surface area contributed by atoms with E-state index in [-0.39, 0.29) is 22.2 Å². The van der Waals surface area contributed by atoms with Crippen molar-refractivity contribution < 1.29 is 18.4 Å². The Balaban J connectivity index is 1.05. The van der Waals surface area contributed by atoms with Crippen LogP contribution in [0.1, 0.15) is 102 Å². The summed E-state index contributed by atoms with van der Waals surface area (Å²) in [4.78, 5) is 25.6. The molecule has 7 nitrogen and oxygen atoms in total. The third-order valence-electron chi connectivity index (χ3n) is 11.1. The Morgan fingerprint density at radius 3 is 2.50 bits per heavy atom. The van der Waals surface area contributed by atoms with Gasteiger partial charge in [-0.1, -0.05) is 17.3 Å². The van der Waals surface area contributed by atoms with Gasteiger partial charge in [0.05, 0.1) is 12.3 Å². The Morgan fingerprint density at radius 2 is 1.81 bits per heavy atom. The van der Waals surface area contributed by atoms with Crippen LogP contribution in [0.15, 0.2) is 47.1 Å². The molecule has 7 saturated carbocycles. The summed E-state index contributed by atoms with van der Waals surface area (Å²) < 4.78 is 25.9. The molecule has 4 bridgehead atoms. The molecule has 42 heavy (non-hydrogen) atoms. The normalized spacial score (nSPS) is 32.6. The van der Waals surface area contributed by atoms with E-state index in [1.165, 1.54) is 12.8 Å². The van der Waals surface area contributed by atoms with Gasteiger partial charge >= 0.3 is 0 Å². The van der Waals surface area contributed by atoms with Gasteiger partial charge in [0.15, 0.2) is 5.82 Å². The number of amides is 1. The van der Waals surface area contributed by atoms with Crippen LogP contribution in [0, 0.1) is 10.8 Å². The van der Waals surface area contributed by atoms with Gasteiger partial charge in [0.25, 0.3) is 0 Å². The van der Waals surface area contributed by atoms with Crippen LogP contribution >= 0.6 is 0 Å². The molecule has 0 atom stereocenters. The second-order valence-corrected chi connectivity index (χ2v) is 14.2. The number of fused-ring (bicyclic) bond motifs is 3. The van der Waals surface area contributed by atoms with E-state index in [4.69, 9.17) is 14.2 Å².